The largest absolute Gasteiger partial charge is 0.384 e. The highest BCUT2D eigenvalue weighted by molar-refractivity contribution is 5.34. The summed E-state index contributed by atoms with van der Waals surface area (Å²) in [6, 6.07) is 3.72. The summed E-state index contributed by atoms with van der Waals surface area (Å²) in [7, 11) is 0. The Labute approximate surface area is 66.4 Å². The molecule has 0 saturated heterocycles. The minimum absolute atomic E-state index is 0.0306. The van der Waals surface area contributed by atoms with E-state index in [2.05, 4.69) is 4.98 Å². The van der Waals surface area contributed by atoms with Crippen molar-refractivity contribution in [1.29, 1.82) is 0 Å². The molecule has 1 rings (SSSR count). The number of pyridine rings is 1. The van der Waals surface area contributed by atoms with Crippen molar-refractivity contribution in [3.63, 3.8) is 0 Å². The molecule has 0 radical (unpaired) electrons. The van der Waals surface area contributed by atoms with Gasteiger partial charge in [-0.05, 0) is 25.5 Å². The van der Waals surface area contributed by atoms with Crippen LogP contribution in [0.5, 0.6) is 0 Å². The highest BCUT2D eigenvalue weighted by Crippen LogP contribution is 2.13. The average molecular weight is 151 g/mol. The zero-order valence-electron chi connectivity index (χ0n) is 6.83. The normalized spacial score (nSPS) is 13.0. The monoisotopic (exact) mass is 151 g/mol. The summed E-state index contributed by atoms with van der Waals surface area (Å²) in [5.41, 5.74) is 13.1. The molecule has 0 amide bonds. The first-order valence-corrected chi connectivity index (χ1v) is 3.60. The fourth-order valence-electron chi connectivity index (χ4n) is 1.07. The third-order valence-electron chi connectivity index (χ3n) is 1.64. The molecule has 11 heavy (non-hydrogen) atoms. The summed E-state index contributed by atoms with van der Waals surface area (Å²) < 4.78 is 0. The number of nitrogens with two attached hydrogens (primary N) is 2. The van der Waals surface area contributed by atoms with E-state index >= 15 is 0 Å². The van der Waals surface area contributed by atoms with Crippen LogP contribution in [0.1, 0.15) is 24.2 Å². The lowest BCUT2D eigenvalue weighted by molar-refractivity contribution is 0.800. The van der Waals surface area contributed by atoms with Crippen LogP contribution in [0.15, 0.2) is 12.1 Å². The molecule has 1 aromatic heterocycles. The Morgan fingerprint density at radius 3 is 2.55 bits per heavy atom. The number of hydrogen-bond acceptors (Lipinski definition) is 3. The minimum atomic E-state index is 0.0306. The van der Waals surface area contributed by atoms with Crippen molar-refractivity contribution in [2.45, 2.75) is 19.9 Å². The molecule has 60 valence electrons. The lowest BCUT2D eigenvalue weighted by atomic mass is 10.1. The van der Waals surface area contributed by atoms with Crippen molar-refractivity contribution in [2.75, 3.05) is 5.73 Å². The molecule has 1 atom stereocenters. The first-order valence-electron chi connectivity index (χ1n) is 3.60. The van der Waals surface area contributed by atoms with Gasteiger partial charge in [-0.1, -0.05) is 6.07 Å². The molecule has 0 aliphatic heterocycles. The van der Waals surface area contributed by atoms with Crippen LogP contribution in [0.4, 0.5) is 5.82 Å². The number of aryl methyl sites for hydroxylation is 1. The molecule has 0 saturated carbocycles. The average Bonchev–Trinajstić information content (AvgIpc) is 1.85. The van der Waals surface area contributed by atoms with E-state index in [-0.39, 0.29) is 6.04 Å². The predicted octanol–water partition coefficient (Wildman–Crippen LogP) is 0.992. The Kier molecular flexibility index (Phi) is 2.10. The molecule has 0 unspecified atom stereocenters. The second-order valence-corrected chi connectivity index (χ2v) is 2.70. The summed E-state index contributed by atoms with van der Waals surface area (Å²) in [4.78, 5) is 4.09. The van der Waals surface area contributed by atoms with Gasteiger partial charge in [-0.15, -0.1) is 0 Å². The number of nitrogens with zero attached hydrogens (tertiary/aromatic N) is 1. The van der Waals surface area contributed by atoms with E-state index in [1.165, 1.54) is 0 Å². The van der Waals surface area contributed by atoms with E-state index < -0.39 is 0 Å². The second kappa shape index (κ2) is 2.88. The molecule has 0 fully saturated rings. The highest BCUT2D eigenvalue weighted by Gasteiger charge is 2.03. The van der Waals surface area contributed by atoms with E-state index in [1.54, 1.807) is 6.07 Å². The maximum absolute atomic E-state index is 5.68. The number of aromatic nitrogens is 1. The van der Waals surface area contributed by atoms with E-state index in [0.29, 0.717) is 5.82 Å². The van der Waals surface area contributed by atoms with E-state index in [9.17, 15) is 0 Å². The van der Waals surface area contributed by atoms with Gasteiger partial charge in [0.1, 0.15) is 5.82 Å². The fourth-order valence-corrected chi connectivity index (χ4v) is 1.07. The van der Waals surface area contributed by atoms with Crippen LogP contribution >= 0.6 is 0 Å². The minimum Gasteiger partial charge on any atom is -0.384 e. The Balaban J connectivity index is 3.09. The molecule has 0 spiro atoms. The maximum atomic E-state index is 5.68. The third-order valence-corrected chi connectivity index (χ3v) is 1.64. The zero-order valence-corrected chi connectivity index (χ0v) is 6.83. The summed E-state index contributed by atoms with van der Waals surface area (Å²) in [5, 5.41) is 0. The van der Waals surface area contributed by atoms with Crippen LogP contribution in [0.3, 0.4) is 0 Å². The number of anilines is 1. The first kappa shape index (κ1) is 8.01. The molecule has 3 heteroatoms. The SMILES string of the molecule is Cc1nc(N)ccc1[C@H](C)N. The van der Waals surface area contributed by atoms with Crippen molar-refractivity contribution in [2.24, 2.45) is 5.73 Å². The van der Waals surface area contributed by atoms with Crippen molar-refractivity contribution in [3.05, 3.63) is 23.4 Å². The van der Waals surface area contributed by atoms with Gasteiger partial charge in [0.05, 0.1) is 0 Å². The van der Waals surface area contributed by atoms with Gasteiger partial charge in [0.2, 0.25) is 0 Å². The molecule has 0 aromatic carbocycles. The van der Waals surface area contributed by atoms with E-state index in [0.717, 1.165) is 11.3 Å². The lowest BCUT2D eigenvalue weighted by Crippen LogP contribution is -2.08. The van der Waals surface area contributed by atoms with Crippen molar-refractivity contribution in [3.8, 4) is 0 Å². The molecular weight excluding hydrogens is 138 g/mol. The number of nitrogen functional groups attached to an aromatic ring is 1. The Hall–Kier alpha value is -1.09. The predicted molar refractivity (Wildman–Crippen MR) is 46.0 cm³/mol. The Bertz CT molecular complexity index is 256. The summed E-state index contributed by atoms with van der Waals surface area (Å²) >= 11 is 0. The standard InChI is InChI=1S/C8H13N3/c1-5(9)7-3-4-8(10)11-6(7)2/h3-5H,9H2,1-2H3,(H2,10,11)/t5-/m0/s1. The third kappa shape index (κ3) is 1.68. The van der Waals surface area contributed by atoms with Gasteiger partial charge in [0, 0.05) is 11.7 Å². The highest BCUT2D eigenvalue weighted by atomic mass is 14.8. The number of rotatable bonds is 1. The maximum Gasteiger partial charge on any atom is 0.123 e. The Morgan fingerprint density at radius 2 is 2.09 bits per heavy atom. The number of hydrogen-bond donors (Lipinski definition) is 2. The summed E-state index contributed by atoms with van der Waals surface area (Å²) in [5.74, 6) is 0.548. The molecule has 0 aliphatic carbocycles. The topological polar surface area (TPSA) is 64.9 Å². The van der Waals surface area contributed by atoms with Gasteiger partial charge in [-0.3, -0.25) is 0 Å². The zero-order chi connectivity index (χ0) is 8.43. The van der Waals surface area contributed by atoms with Crippen LogP contribution < -0.4 is 11.5 Å². The van der Waals surface area contributed by atoms with Crippen molar-refractivity contribution in [1.82, 2.24) is 4.98 Å². The summed E-state index contributed by atoms with van der Waals surface area (Å²) in [6.07, 6.45) is 0. The fraction of sp³-hybridized carbons (Fsp3) is 0.375. The van der Waals surface area contributed by atoms with E-state index in [4.69, 9.17) is 11.5 Å². The van der Waals surface area contributed by atoms with Crippen LogP contribution in [0, 0.1) is 6.92 Å². The molecule has 0 bridgehead atoms. The van der Waals surface area contributed by atoms with Crippen molar-refractivity contribution < 1.29 is 0 Å². The van der Waals surface area contributed by atoms with Gasteiger partial charge in [0.15, 0.2) is 0 Å². The quantitative estimate of drug-likeness (QED) is 0.629. The molecule has 1 aromatic rings. The van der Waals surface area contributed by atoms with Crippen LogP contribution in [0.2, 0.25) is 0 Å². The van der Waals surface area contributed by atoms with Crippen LogP contribution in [-0.2, 0) is 0 Å². The molecule has 1 heterocycles. The van der Waals surface area contributed by atoms with Gasteiger partial charge < -0.3 is 11.5 Å². The lowest BCUT2D eigenvalue weighted by Gasteiger charge is -2.08. The van der Waals surface area contributed by atoms with Crippen LogP contribution in [-0.4, -0.2) is 4.98 Å². The van der Waals surface area contributed by atoms with E-state index in [1.807, 2.05) is 19.9 Å². The smallest absolute Gasteiger partial charge is 0.123 e. The van der Waals surface area contributed by atoms with Crippen LogP contribution in [0.25, 0.3) is 0 Å². The first-order chi connectivity index (χ1) is 5.11. The molecule has 3 nitrogen and oxygen atoms in total. The van der Waals surface area contributed by atoms with Gasteiger partial charge in [-0.2, -0.15) is 0 Å². The second-order valence-electron chi connectivity index (χ2n) is 2.70. The molecular formula is C8H13N3. The van der Waals surface area contributed by atoms with Gasteiger partial charge in [-0.25, -0.2) is 4.98 Å². The van der Waals surface area contributed by atoms with Gasteiger partial charge >= 0.3 is 0 Å². The summed E-state index contributed by atoms with van der Waals surface area (Å²) in [6.45, 7) is 3.84. The van der Waals surface area contributed by atoms with Gasteiger partial charge in [0.25, 0.3) is 0 Å². The Morgan fingerprint density at radius 1 is 1.45 bits per heavy atom. The molecule has 4 N–H and O–H groups in total. The van der Waals surface area contributed by atoms with Crippen molar-refractivity contribution >= 4 is 5.82 Å². The molecule has 0 aliphatic rings.